The van der Waals surface area contributed by atoms with Crippen LogP contribution in [0.5, 0.6) is 0 Å². The molecule has 1 saturated carbocycles. The lowest BCUT2D eigenvalue weighted by Gasteiger charge is -2.50. The Bertz CT molecular complexity index is 391. The van der Waals surface area contributed by atoms with E-state index in [-0.39, 0.29) is 10.6 Å². The molecule has 1 fully saturated rings. The zero-order valence-corrected chi connectivity index (χ0v) is 18.1. The summed E-state index contributed by atoms with van der Waals surface area (Å²) in [5.41, 5.74) is 0.422. The summed E-state index contributed by atoms with van der Waals surface area (Å²) in [6.07, 6.45) is 9.85. The van der Waals surface area contributed by atoms with Crippen molar-refractivity contribution in [1.29, 1.82) is 0 Å². The van der Waals surface area contributed by atoms with E-state index in [1.165, 1.54) is 25.7 Å². The molecule has 0 heterocycles. The molecule has 1 rings (SSSR count). The molecule has 0 bridgehead atoms. The van der Waals surface area contributed by atoms with Crippen LogP contribution in [0.15, 0.2) is 12.3 Å². The van der Waals surface area contributed by atoms with Gasteiger partial charge in [0.25, 0.3) is 0 Å². The zero-order valence-electron chi connectivity index (χ0n) is 17.1. The molecule has 0 radical (unpaired) electrons. The van der Waals surface area contributed by atoms with Gasteiger partial charge in [-0.2, -0.15) is 0 Å². The Morgan fingerprint density at radius 2 is 1.57 bits per heavy atom. The average molecular weight is 341 g/mol. The molecular formula is C20H40O2Si. The number of methoxy groups -OCH3 is 1. The molecule has 0 aromatic heterocycles. The number of hydrogen-bond donors (Lipinski definition) is 0. The van der Waals surface area contributed by atoms with Crippen LogP contribution in [0.4, 0.5) is 0 Å². The van der Waals surface area contributed by atoms with Crippen molar-refractivity contribution in [2.75, 3.05) is 7.11 Å². The van der Waals surface area contributed by atoms with Crippen LogP contribution in [0.3, 0.4) is 0 Å². The molecular weight excluding hydrogens is 300 g/mol. The third kappa shape index (κ3) is 5.63. The topological polar surface area (TPSA) is 18.5 Å². The van der Waals surface area contributed by atoms with Crippen LogP contribution in [0.1, 0.15) is 73.6 Å². The van der Waals surface area contributed by atoms with Gasteiger partial charge in [-0.1, -0.05) is 41.5 Å². The molecule has 0 aromatic carbocycles. The normalized spacial score (nSPS) is 27.4. The maximum atomic E-state index is 6.97. The maximum Gasteiger partial charge on any atom is 0.192 e. The molecule has 0 saturated heterocycles. The van der Waals surface area contributed by atoms with E-state index in [1.807, 2.05) is 6.26 Å². The van der Waals surface area contributed by atoms with Crippen molar-refractivity contribution in [3.05, 3.63) is 12.3 Å². The van der Waals surface area contributed by atoms with Gasteiger partial charge in [-0.15, -0.1) is 0 Å². The van der Waals surface area contributed by atoms with Gasteiger partial charge in [-0.05, 0) is 67.6 Å². The molecule has 0 unspecified atom stereocenters. The summed E-state index contributed by atoms with van der Waals surface area (Å²) in [6, 6.07) is 0. The molecule has 0 aromatic rings. The fraction of sp³-hybridized carbons (Fsp3) is 0.900. The summed E-state index contributed by atoms with van der Waals surface area (Å²) >= 11 is 0. The first-order chi connectivity index (χ1) is 10.3. The van der Waals surface area contributed by atoms with Gasteiger partial charge in [0, 0.05) is 0 Å². The Balaban J connectivity index is 2.92. The van der Waals surface area contributed by atoms with Crippen LogP contribution in [0.2, 0.25) is 18.1 Å². The van der Waals surface area contributed by atoms with Crippen LogP contribution in [-0.2, 0) is 9.16 Å². The first kappa shape index (κ1) is 20.8. The van der Waals surface area contributed by atoms with Crippen molar-refractivity contribution in [2.45, 2.75) is 97.4 Å². The number of rotatable bonds is 5. The third-order valence-electron chi connectivity index (χ3n) is 6.12. The van der Waals surface area contributed by atoms with Gasteiger partial charge >= 0.3 is 0 Å². The second-order valence-corrected chi connectivity index (χ2v) is 14.7. The number of ether oxygens (including phenoxy) is 1. The van der Waals surface area contributed by atoms with Crippen LogP contribution in [0, 0.1) is 11.3 Å². The Kier molecular flexibility index (Phi) is 6.60. The molecule has 0 spiro atoms. The van der Waals surface area contributed by atoms with Crippen molar-refractivity contribution >= 4 is 8.32 Å². The van der Waals surface area contributed by atoms with Crippen LogP contribution in [-0.4, -0.2) is 21.0 Å². The molecule has 0 amide bonds. The van der Waals surface area contributed by atoms with E-state index in [4.69, 9.17) is 9.16 Å². The monoisotopic (exact) mass is 340 g/mol. The van der Waals surface area contributed by atoms with Gasteiger partial charge in [0.1, 0.15) is 0 Å². The van der Waals surface area contributed by atoms with E-state index in [0.717, 1.165) is 12.3 Å². The highest BCUT2D eigenvalue weighted by Crippen LogP contribution is 2.48. The molecule has 1 aliphatic rings. The van der Waals surface area contributed by atoms with E-state index in [0.29, 0.717) is 5.41 Å². The molecule has 0 atom stereocenters. The lowest BCUT2D eigenvalue weighted by atomic mass is 9.68. The van der Waals surface area contributed by atoms with Gasteiger partial charge in [-0.3, -0.25) is 0 Å². The van der Waals surface area contributed by atoms with Gasteiger partial charge in [-0.25, -0.2) is 0 Å². The second kappa shape index (κ2) is 7.31. The lowest BCUT2D eigenvalue weighted by Crippen LogP contribution is -2.51. The van der Waals surface area contributed by atoms with Gasteiger partial charge in [0.15, 0.2) is 8.32 Å². The predicted octanol–water partition coefficient (Wildman–Crippen LogP) is 6.53. The summed E-state index contributed by atoms with van der Waals surface area (Å²) in [4.78, 5) is 0. The van der Waals surface area contributed by atoms with Crippen molar-refractivity contribution in [3.63, 3.8) is 0 Å². The minimum absolute atomic E-state index is 0.0137. The highest BCUT2D eigenvalue weighted by molar-refractivity contribution is 6.74. The van der Waals surface area contributed by atoms with E-state index in [9.17, 15) is 0 Å². The van der Waals surface area contributed by atoms with Crippen molar-refractivity contribution in [2.24, 2.45) is 11.3 Å². The lowest BCUT2D eigenvalue weighted by molar-refractivity contribution is -0.0121. The van der Waals surface area contributed by atoms with Gasteiger partial charge in [0.05, 0.1) is 19.0 Å². The largest absolute Gasteiger partial charge is 0.505 e. The molecule has 23 heavy (non-hydrogen) atoms. The summed E-state index contributed by atoms with van der Waals surface area (Å²) in [7, 11) is -0.0508. The van der Waals surface area contributed by atoms with Crippen LogP contribution >= 0.6 is 0 Å². The first-order valence-corrected chi connectivity index (χ1v) is 12.1. The van der Waals surface area contributed by atoms with Crippen molar-refractivity contribution in [3.8, 4) is 0 Å². The summed E-state index contributed by atoms with van der Waals surface area (Å²) in [6.45, 7) is 18.9. The van der Waals surface area contributed by atoms with Crippen molar-refractivity contribution < 1.29 is 9.16 Å². The molecule has 136 valence electrons. The Hall–Kier alpha value is -0.283. The Morgan fingerprint density at radius 1 is 1.04 bits per heavy atom. The zero-order chi connectivity index (χ0) is 17.9. The average Bonchev–Trinajstić information content (AvgIpc) is 2.36. The minimum Gasteiger partial charge on any atom is -0.505 e. The summed E-state index contributed by atoms with van der Waals surface area (Å²) < 4.78 is 12.1. The van der Waals surface area contributed by atoms with E-state index in [1.54, 1.807) is 7.11 Å². The van der Waals surface area contributed by atoms with Gasteiger partial charge < -0.3 is 9.16 Å². The minimum atomic E-state index is -1.77. The molecule has 2 nitrogen and oxygen atoms in total. The maximum absolute atomic E-state index is 6.97. The summed E-state index contributed by atoms with van der Waals surface area (Å²) in [5.74, 6) is 0.810. The number of hydrogen-bond acceptors (Lipinski definition) is 2. The first-order valence-electron chi connectivity index (χ1n) is 9.21. The van der Waals surface area contributed by atoms with E-state index >= 15 is 0 Å². The molecule has 1 aliphatic carbocycles. The molecule has 0 aliphatic heterocycles. The van der Waals surface area contributed by atoms with Crippen LogP contribution in [0.25, 0.3) is 0 Å². The SMILES string of the molecule is CO/C=C/CC1(O[Si](C)(C)C(C)(C)C)CCC(C(C)(C)C)CC1. The smallest absolute Gasteiger partial charge is 0.192 e. The van der Waals surface area contributed by atoms with Crippen LogP contribution < -0.4 is 0 Å². The predicted molar refractivity (Wildman–Crippen MR) is 103 cm³/mol. The Morgan fingerprint density at radius 3 is 1.96 bits per heavy atom. The molecule has 3 heteroatoms. The second-order valence-electron chi connectivity index (χ2n) is 10.00. The van der Waals surface area contributed by atoms with E-state index < -0.39 is 8.32 Å². The molecule has 0 N–H and O–H groups in total. The van der Waals surface area contributed by atoms with Gasteiger partial charge in [0.2, 0.25) is 0 Å². The highest BCUT2D eigenvalue weighted by atomic mass is 28.4. The fourth-order valence-electron chi connectivity index (χ4n) is 3.41. The standard InChI is InChI=1S/C20H40O2Si/c1-18(2,3)17-11-14-20(15-12-17,13-10-16-21-7)22-23(8,9)19(4,5)6/h10,16-17H,11-15H2,1-9H3/b16-10+. The fourth-order valence-corrected chi connectivity index (χ4v) is 5.09. The Labute approximate surface area is 146 Å². The van der Waals surface area contributed by atoms with Crippen molar-refractivity contribution in [1.82, 2.24) is 0 Å². The highest BCUT2D eigenvalue weighted by Gasteiger charge is 2.46. The quantitative estimate of drug-likeness (QED) is 0.418. The third-order valence-corrected chi connectivity index (χ3v) is 10.7. The van der Waals surface area contributed by atoms with E-state index in [2.05, 4.69) is 60.7 Å². The summed E-state index contributed by atoms with van der Waals surface area (Å²) in [5, 5.41) is 0.256.